The number of nitro benzene ring substituents is 1. The standard InChI is InChI=1S/C23H22N2O2S/c1-22(2)18-10-6-7-11-19(18)24(3)23(22)13-12-15-14-20(25(26)27)16-8-4-5-9-17(16)21(15)28-23/h4-5,8-14H,6-7H2,1-3H3. The maximum atomic E-state index is 11.6. The van der Waals surface area contributed by atoms with Crippen LogP contribution in [0.5, 0.6) is 0 Å². The number of allylic oxidation sites excluding steroid dienone is 3. The minimum absolute atomic E-state index is 0.0737. The summed E-state index contributed by atoms with van der Waals surface area (Å²) in [6.07, 6.45) is 11.2. The van der Waals surface area contributed by atoms with E-state index in [-0.39, 0.29) is 20.9 Å². The first kappa shape index (κ1) is 17.6. The Hall–Kier alpha value is -2.53. The van der Waals surface area contributed by atoms with Crippen LogP contribution in [0.4, 0.5) is 5.69 Å². The van der Waals surface area contributed by atoms with Crippen molar-refractivity contribution in [2.45, 2.75) is 36.5 Å². The predicted molar refractivity (Wildman–Crippen MR) is 115 cm³/mol. The van der Waals surface area contributed by atoms with Gasteiger partial charge in [-0.05, 0) is 36.1 Å². The fraction of sp³-hybridized carbons (Fsp3) is 0.304. The lowest BCUT2D eigenvalue weighted by molar-refractivity contribution is -0.383. The van der Waals surface area contributed by atoms with Crippen LogP contribution in [-0.4, -0.2) is 21.7 Å². The van der Waals surface area contributed by atoms with Gasteiger partial charge in [0.05, 0.1) is 10.3 Å². The van der Waals surface area contributed by atoms with Gasteiger partial charge in [-0.25, -0.2) is 0 Å². The van der Waals surface area contributed by atoms with Crippen molar-refractivity contribution in [2.24, 2.45) is 5.41 Å². The van der Waals surface area contributed by atoms with Crippen molar-refractivity contribution in [3.8, 4) is 0 Å². The van der Waals surface area contributed by atoms with E-state index in [1.165, 1.54) is 11.3 Å². The molecule has 1 atom stereocenters. The lowest BCUT2D eigenvalue weighted by Gasteiger charge is -2.45. The minimum Gasteiger partial charge on any atom is -0.356 e. The molecule has 5 rings (SSSR count). The molecule has 0 radical (unpaired) electrons. The average molecular weight is 391 g/mol. The molecule has 4 nitrogen and oxygen atoms in total. The van der Waals surface area contributed by atoms with Crippen LogP contribution in [0.3, 0.4) is 0 Å². The number of benzene rings is 2. The summed E-state index contributed by atoms with van der Waals surface area (Å²) in [6.45, 7) is 4.63. The van der Waals surface area contributed by atoms with Gasteiger partial charge in [0.15, 0.2) is 0 Å². The number of likely N-dealkylation sites (tertiary alicyclic amines) is 1. The van der Waals surface area contributed by atoms with Crippen molar-refractivity contribution in [1.82, 2.24) is 4.90 Å². The molecule has 2 aromatic rings. The Morgan fingerprint density at radius 3 is 2.57 bits per heavy atom. The highest BCUT2D eigenvalue weighted by Gasteiger charge is 2.58. The van der Waals surface area contributed by atoms with E-state index in [4.69, 9.17) is 0 Å². The SMILES string of the molecule is CN1C2=CCCC=C2C(C)(C)C12C=Cc1cc([N+](=O)[O-])c3ccccc3c1S2. The van der Waals surface area contributed by atoms with Gasteiger partial charge in [0.2, 0.25) is 0 Å². The lowest BCUT2D eigenvalue weighted by atomic mass is 9.77. The molecule has 1 aliphatic carbocycles. The van der Waals surface area contributed by atoms with Gasteiger partial charge in [0.1, 0.15) is 4.87 Å². The topological polar surface area (TPSA) is 46.4 Å². The number of hydrogen-bond acceptors (Lipinski definition) is 4. The van der Waals surface area contributed by atoms with Crippen LogP contribution in [0.1, 0.15) is 32.3 Å². The largest absolute Gasteiger partial charge is 0.356 e. The average Bonchev–Trinajstić information content (AvgIpc) is 2.86. The summed E-state index contributed by atoms with van der Waals surface area (Å²) in [5, 5.41) is 13.3. The van der Waals surface area contributed by atoms with Gasteiger partial charge in [0.25, 0.3) is 5.69 Å². The molecule has 0 saturated carbocycles. The second-order valence-electron chi connectivity index (χ2n) is 8.22. The first-order valence-corrected chi connectivity index (χ1v) is 10.4. The first-order chi connectivity index (χ1) is 13.4. The fourth-order valence-corrected chi connectivity index (χ4v) is 6.57. The molecule has 1 saturated heterocycles. The van der Waals surface area contributed by atoms with Gasteiger partial charge >= 0.3 is 0 Å². The van der Waals surface area contributed by atoms with Crippen LogP contribution < -0.4 is 0 Å². The van der Waals surface area contributed by atoms with Gasteiger partial charge in [-0.1, -0.05) is 62.0 Å². The van der Waals surface area contributed by atoms with Gasteiger partial charge in [-0.15, -0.1) is 0 Å². The summed E-state index contributed by atoms with van der Waals surface area (Å²) in [4.78, 5) is 14.6. The number of fused-ring (bicyclic) bond motifs is 4. The summed E-state index contributed by atoms with van der Waals surface area (Å²) in [5.74, 6) is 0. The van der Waals surface area contributed by atoms with E-state index >= 15 is 0 Å². The van der Waals surface area contributed by atoms with Crippen molar-refractivity contribution in [2.75, 3.05) is 7.05 Å². The highest BCUT2D eigenvalue weighted by Crippen LogP contribution is 2.64. The third-order valence-corrected chi connectivity index (χ3v) is 8.39. The molecule has 0 amide bonds. The second-order valence-corrected chi connectivity index (χ2v) is 9.45. The molecule has 0 bridgehead atoms. The Balaban J connectivity index is 1.76. The Kier molecular flexibility index (Phi) is 3.60. The predicted octanol–water partition coefficient (Wildman–Crippen LogP) is 6.14. The van der Waals surface area contributed by atoms with Crippen molar-refractivity contribution in [3.63, 3.8) is 0 Å². The molecule has 2 aromatic carbocycles. The van der Waals surface area contributed by atoms with Gasteiger partial charge < -0.3 is 4.90 Å². The molecule has 5 heteroatoms. The Bertz CT molecular complexity index is 1130. The van der Waals surface area contributed by atoms with Crippen LogP contribution in [0, 0.1) is 15.5 Å². The maximum Gasteiger partial charge on any atom is 0.277 e. The summed E-state index contributed by atoms with van der Waals surface area (Å²) in [5.41, 5.74) is 3.77. The number of rotatable bonds is 1. The number of likely N-dealkylation sites (N-methyl/N-ethyl adjacent to an activating group) is 1. The van der Waals surface area contributed by atoms with E-state index in [1.54, 1.807) is 6.07 Å². The van der Waals surface area contributed by atoms with Crippen molar-refractivity contribution < 1.29 is 4.92 Å². The minimum atomic E-state index is -0.276. The molecule has 28 heavy (non-hydrogen) atoms. The zero-order valence-corrected chi connectivity index (χ0v) is 17.0. The molecule has 1 unspecified atom stereocenters. The quantitative estimate of drug-likeness (QED) is 0.433. The fourth-order valence-electron chi connectivity index (χ4n) is 4.99. The van der Waals surface area contributed by atoms with Gasteiger partial charge in [-0.2, -0.15) is 0 Å². The second kappa shape index (κ2) is 5.74. The van der Waals surface area contributed by atoms with Crippen LogP contribution >= 0.6 is 11.8 Å². The molecular weight excluding hydrogens is 368 g/mol. The third kappa shape index (κ3) is 2.08. The summed E-state index contributed by atoms with van der Waals surface area (Å²) >= 11 is 1.83. The molecule has 2 heterocycles. The summed E-state index contributed by atoms with van der Waals surface area (Å²) in [7, 11) is 2.18. The normalized spacial score (nSPS) is 24.8. The van der Waals surface area contributed by atoms with Crippen LogP contribution in [0.15, 0.2) is 64.7 Å². The van der Waals surface area contributed by atoms with Crippen LogP contribution in [-0.2, 0) is 0 Å². The van der Waals surface area contributed by atoms with Crippen molar-refractivity contribution in [3.05, 3.63) is 75.5 Å². The highest BCUT2D eigenvalue weighted by molar-refractivity contribution is 8.01. The van der Waals surface area contributed by atoms with E-state index in [0.29, 0.717) is 5.39 Å². The van der Waals surface area contributed by atoms with E-state index in [1.807, 2.05) is 36.0 Å². The Morgan fingerprint density at radius 1 is 1.14 bits per heavy atom. The van der Waals surface area contributed by atoms with Gasteiger partial charge in [-0.3, -0.25) is 10.1 Å². The van der Waals surface area contributed by atoms with Crippen molar-refractivity contribution >= 4 is 34.3 Å². The molecule has 0 N–H and O–H groups in total. The number of nitrogens with zero attached hydrogens (tertiary/aromatic N) is 2. The number of hydrogen-bond donors (Lipinski definition) is 0. The van der Waals surface area contributed by atoms with Crippen LogP contribution in [0.25, 0.3) is 16.8 Å². The van der Waals surface area contributed by atoms with E-state index in [9.17, 15) is 10.1 Å². The lowest BCUT2D eigenvalue weighted by Crippen LogP contribution is -2.46. The molecule has 3 aliphatic rings. The monoisotopic (exact) mass is 390 g/mol. The molecular formula is C23H22N2O2S. The zero-order valence-electron chi connectivity index (χ0n) is 16.2. The zero-order chi connectivity index (χ0) is 19.7. The first-order valence-electron chi connectivity index (χ1n) is 9.60. The number of nitro groups is 1. The number of thioether (sulfide) groups is 1. The van der Waals surface area contributed by atoms with E-state index < -0.39 is 0 Å². The van der Waals surface area contributed by atoms with E-state index in [0.717, 1.165) is 28.7 Å². The maximum absolute atomic E-state index is 11.6. The molecule has 1 fully saturated rings. The van der Waals surface area contributed by atoms with E-state index in [2.05, 4.69) is 50.1 Å². The Labute approximate surface area is 168 Å². The number of non-ortho nitro benzene ring substituents is 1. The van der Waals surface area contributed by atoms with Crippen LogP contribution in [0.2, 0.25) is 0 Å². The third-order valence-electron chi connectivity index (χ3n) is 6.50. The van der Waals surface area contributed by atoms with Gasteiger partial charge in [0, 0.05) is 34.5 Å². The highest BCUT2D eigenvalue weighted by atomic mass is 32.2. The molecule has 0 aromatic heterocycles. The molecule has 1 spiro atoms. The Morgan fingerprint density at radius 2 is 1.86 bits per heavy atom. The van der Waals surface area contributed by atoms with Crippen molar-refractivity contribution in [1.29, 1.82) is 0 Å². The summed E-state index contributed by atoms with van der Waals surface area (Å²) < 4.78 is 0. The molecule has 2 aliphatic heterocycles. The molecule has 142 valence electrons. The smallest absolute Gasteiger partial charge is 0.277 e. The summed E-state index contributed by atoms with van der Waals surface area (Å²) in [6, 6.07) is 9.42.